The summed E-state index contributed by atoms with van der Waals surface area (Å²) in [6.45, 7) is 5.76. The van der Waals surface area contributed by atoms with Crippen molar-refractivity contribution >= 4 is 17.8 Å². The summed E-state index contributed by atoms with van der Waals surface area (Å²) in [6, 6.07) is 3.62. The Labute approximate surface area is 166 Å². The molecular formula is C18H25F3N4O4. The minimum Gasteiger partial charge on any atom is -0.475 e. The minimum atomic E-state index is -5.08. The van der Waals surface area contributed by atoms with Crippen molar-refractivity contribution in [3.05, 3.63) is 24.0 Å². The van der Waals surface area contributed by atoms with Crippen LogP contribution < -0.4 is 0 Å². The molecule has 1 aromatic rings. The maximum atomic E-state index is 12.8. The van der Waals surface area contributed by atoms with Crippen molar-refractivity contribution in [2.24, 2.45) is 0 Å². The second-order valence-electron chi connectivity index (χ2n) is 7.02. The van der Waals surface area contributed by atoms with Crippen LogP contribution in [0.25, 0.3) is 0 Å². The number of nitrogens with zero attached hydrogens (tertiary/aromatic N) is 3. The van der Waals surface area contributed by atoms with E-state index in [0.717, 1.165) is 19.6 Å². The number of aromatic nitrogens is 1. The van der Waals surface area contributed by atoms with Crippen molar-refractivity contribution in [2.75, 3.05) is 39.8 Å². The summed E-state index contributed by atoms with van der Waals surface area (Å²) in [4.78, 5) is 43.1. The molecule has 3 heterocycles. The number of piperazine rings is 1. The van der Waals surface area contributed by atoms with Crippen molar-refractivity contribution in [1.82, 2.24) is 19.7 Å². The number of carbonyl (C=O) groups is 3. The van der Waals surface area contributed by atoms with Crippen molar-refractivity contribution < 1.29 is 32.7 Å². The first-order valence-electron chi connectivity index (χ1n) is 9.26. The number of aromatic amines is 1. The van der Waals surface area contributed by atoms with Gasteiger partial charge in [-0.3, -0.25) is 14.5 Å². The third-order valence-corrected chi connectivity index (χ3v) is 5.45. The molecule has 1 spiro atoms. The smallest absolute Gasteiger partial charge is 0.475 e. The number of alkyl halides is 3. The maximum Gasteiger partial charge on any atom is 0.490 e. The number of piperidine rings is 1. The molecule has 2 fully saturated rings. The van der Waals surface area contributed by atoms with Gasteiger partial charge in [-0.25, -0.2) is 4.79 Å². The molecule has 0 bridgehead atoms. The van der Waals surface area contributed by atoms with Gasteiger partial charge in [0.15, 0.2) is 0 Å². The van der Waals surface area contributed by atoms with E-state index < -0.39 is 17.7 Å². The van der Waals surface area contributed by atoms with Crippen LogP contribution in [0.15, 0.2) is 18.3 Å². The Balaban J connectivity index is 0.000000370. The third-order valence-electron chi connectivity index (χ3n) is 5.45. The molecule has 3 rings (SSSR count). The lowest BCUT2D eigenvalue weighted by Crippen LogP contribution is -2.67. The zero-order valence-corrected chi connectivity index (χ0v) is 16.3. The van der Waals surface area contributed by atoms with E-state index in [2.05, 4.69) is 9.88 Å². The summed E-state index contributed by atoms with van der Waals surface area (Å²) in [6.07, 6.45) is -1.90. The lowest BCUT2D eigenvalue weighted by atomic mass is 9.82. The fourth-order valence-electron chi connectivity index (χ4n) is 3.65. The second-order valence-corrected chi connectivity index (χ2v) is 7.02. The van der Waals surface area contributed by atoms with E-state index in [9.17, 15) is 22.8 Å². The predicted octanol–water partition coefficient (Wildman–Crippen LogP) is 1.42. The van der Waals surface area contributed by atoms with E-state index in [1.54, 1.807) is 12.3 Å². The molecule has 0 unspecified atom stereocenters. The number of likely N-dealkylation sites (tertiary alicyclic amines) is 1. The molecule has 0 atom stereocenters. The van der Waals surface area contributed by atoms with Crippen LogP contribution in [0.5, 0.6) is 0 Å². The summed E-state index contributed by atoms with van der Waals surface area (Å²) in [7, 11) is 2.04. The number of halogens is 3. The van der Waals surface area contributed by atoms with Gasteiger partial charge in [0.1, 0.15) is 11.2 Å². The maximum absolute atomic E-state index is 12.8. The van der Waals surface area contributed by atoms with Crippen LogP contribution in [0.2, 0.25) is 0 Å². The zero-order valence-electron chi connectivity index (χ0n) is 16.3. The first kappa shape index (κ1) is 22.7. The van der Waals surface area contributed by atoms with E-state index in [4.69, 9.17) is 9.90 Å². The van der Waals surface area contributed by atoms with E-state index in [0.29, 0.717) is 31.6 Å². The number of carbonyl (C=O) groups excluding carboxylic acids is 2. The largest absolute Gasteiger partial charge is 0.490 e. The standard InChI is InChI=1S/C16H24N4O2.C2HF3O2/c1-3-19-12-11-18(2)16(15(19)22)6-9-20(10-7-16)14(21)13-5-4-8-17-13;3-2(4,5)1(6)7/h4-5,8,17H,3,6-7,9-12H2,1-2H3;(H,6,7). The minimum absolute atomic E-state index is 0.0260. The fraction of sp³-hybridized carbons (Fsp3) is 0.611. The molecule has 2 N–H and O–H groups in total. The summed E-state index contributed by atoms with van der Waals surface area (Å²) < 4.78 is 31.7. The van der Waals surface area contributed by atoms with Crippen LogP contribution >= 0.6 is 0 Å². The van der Waals surface area contributed by atoms with E-state index in [1.807, 2.05) is 29.8 Å². The van der Waals surface area contributed by atoms with Gasteiger partial charge < -0.3 is 19.9 Å². The Morgan fingerprint density at radius 3 is 2.24 bits per heavy atom. The fourth-order valence-corrected chi connectivity index (χ4v) is 3.65. The SMILES string of the molecule is CCN1CCN(C)C2(CCN(C(=O)c3ccc[nH]3)CC2)C1=O.O=C(O)C(F)(F)F. The van der Waals surface area contributed by atoms with Crippen LogP contribution in [0.3, 0.4) is 0 Å². The Morgan fingerprint density at radius 2 is 1.79 bits per heavy atom. The lowest BCUT2D eigenvalue weighted by molar-refractivity contribution is -0.192. The predicted molar refractivity (Wildman–Crippen MR) is 97.2 cm³/mol. The monoisotopic (exact) mass is 418 g/mol. The Bertz CT molecular complexity index is 728. The number of carboxylic acid groups (broad SMARTS) is 1. The molecule has 29 heavy (non-hydrogen) atoms. The number of likely N-dealkylation sites (N-methyl/N-ethyl adjacent to an activating group) is 2. The summed E-state index contributed by atoms with van der Waals surface area (Å²) in [5.74, 6) is -2.50. The van der Waals surface area contributed by atoms with Gasteiger partial charge in [0.2, 0.25) is 5.91 Å². The Kier molecular flexibility index (Phi) is 6.93. The van der Waals surface area contributed by atoms with Crippen LogP contribution in [-0.2, 0) is 9.59 Å². The number of nitrogens with one attached hydrogen (secondary N) is 1. The quantitative estimate of drug-likeness (QED) is 0.757. The molecule has 162 valence electrons. The molecule has 2 saturated heterocycles. The first-order chi connectivity index (χ1) is 13.5. The normalized spacial score (nSPS) is 19.7. The molecule has 8 nitrogen and oxygen atoms in total. The number of carboxylic acids is 1. The molecule has 0 aliphatic carbocycles. The van der Waals surface area contributed by atoms with E-state index in [1.165, 1.54) is 0 Å². The van der Waals surface area contributed by atoms with Crippen molar-refractivity contribution in [2.45, 2.75) is 31.5 Å². The molecule has 0 saturated carbocycles. The third kappa shape index (κ3) is 4.89. The van der Waals surface area contributed by atoms with Crippen LogP contribution in [-0.4, -0.2) is 94.1 Å². The van der Waals surface area contributed by atoms with Gasteiger partial charge in [-0.15, -0.1) is 0 Å². The Hall–Kier alpha value is -2.56. The Morgan fingerprint density at radius 1 is 1.21 bits per heavy atom. The molecule has 2 aliphatic rings. The highest BCUT2D eigenvalue weighted by Gasteiger charge is 2.49. The van der Waals surface area contributed by atoms with Gasteiger partial charge in [-0.05, 0) is 38.9 Å². The molecule has 0 radical (unpaired) electrons. The van der Waals surface area contributed by atoms with Crippen molar-refractivity contribution in [3.63, 3.8) is 0 Å². The van der Waals surface area contributed by atoms with Gasteiger partial charge >= 0.3 is 12.1 Å². The van der Waals surface area contributed by atoms with Gasteiger partial charge in [0, 0.05) is 38.9 Å². The average Bonchev–Trinajstić information content (AvgIpc) is 3.21. The first-order valence-corrected chi connectivity index (χ1v) is 9.26. The molecular weight excluding hydrogens is 393 g/mol. The number of hydrogen-bond donors (Lipinski definition) is 2. The molecule has 0 aromatic carbocycles. The molecule has 1 aromatic heterocycles. The summed E-state index contributed by atoms with van der Waals surface area (Å²) >= 11 is 0. The zero-order chi connectivity index (χ0) is 21.8. The highest BCUT2D eigenvalue weighted by molar-refractivity contribution is 5.93. The van der Waals surface area contributed by atoms with Gasteiger partial charge in [-0.1, -0.05) is 0 Å². The topological polar surface area (TPSA) is 97.0 Å². The van der Waals surface area contributed by atoms with Crippen molar-refractivity contribution in [1.29, 1.82) is 0 Å². The van der Waals surface area contributed by atoms with Gasteiger partial charge in [0.05, 0.1) is 0 Å². The van der Waals surface area contributed by atoms with E-state index >= 15 is 0 Å². The number of hydrogen-bond acceptors (Lipinski definition) is 4. The molecule has 2 amide bonds. The molecule has 2 aliphatic heterocycles. The number of H-pyrrole nitrogens is 1. The second kappa shape index (κ2) is 8.85. The number of aliphatic carboxylic acids is 1. The van der Waals surface area contributed by atoms with Gasteiger partial charge in [0.25, 0.3) is 5.91 Å². The number of amides is 2. The molecule has 11 heteroatoms. The summed E-state index contributed by atoms with van der Waals surface area (Å²) in [5, 5.41) is 7.12. The lowest BCUT2D eigenvalue weighted by Gasteiger charge is -2.51. The van der Waals surface area contributed by atoms with Crippen LogP contribution in [0.4, 0.5) is 13.2 Å². The van der Waals surface area contributed by atoms with Crippen LogP contribution in [0.1, 0.15) is 30.3 Å². The summed E-state index contributed by atoms with van der Waals surface area (Å²) in [5.41, 5.74) is 0.204. The number of rotatable bonds is 2. The van der Waals surface area contributed by atoms with E-state index in [-0.39, 0.29) is 11.8 Å². The highest BCUT2D eigenvalue weighted by atomic mass is 19.4. The highest BCUT2D eigenvalue weighted by Crippen LogP contribution is 2.33. The van der Waals surface area contributed by atoms with Gasteiger partial charge in [-0.2, -0.15) is 13.2 Å². The average molecular weight is 418 g/mol. The van der Waals surface area contributed by atoms with Crippen molar-refractivity contribution in [3.8, 4) is 0 Å². The van der Waals surface area contributed by atoms with Crippen LogP contribution in [0, 0.1) is 0 Å².